The molecular weight excluding hydrogens is 460 g/mol. The van der Waals surface area contributed by atoms with Crippen LogP contribution in [0.25, 0.3) is 11.4 Å². The Morgan fingerprint density at radius 3 is 2.23 bits per heavy atom. The van der Waals surface area contributed by atoms with E-state index < -0.39 is 32.1 Å². The molecule has 1 N–H and O–H groups in total. The number of benzene rings is 1. The van der Waals surface area contributed by atoms with Gasteiger partial charge in [0.15, 0.2) is 15.5 Å². The Morgan fingerprint density at radius 1 is 1.23 bits per heavy atom. The topological polar surface area (TPSA) is 62.8 Å². The van der Waals surface area contributed by atoms with Crippen LogP contribution >= 0.6 is 31.9 Å². The largest absolute Gasteiger partial charge is 0.433 e. The molecule has 1 aromatic carbocycles. The summed E-state index contributed by atoms with van der Waals surface area (Å²) in [6.45, 7) is 0. The zero-order chi connectivity index (χ0) is 16.9. The number of rotatable bonds is 2. The molecule has 0 saturated heterocycles. The van der Waals surface area contributed by atoms with Gasteiger partial charge in [-0.25, -0.2) is 17.8 Å². The standard InChI is InChI=1S/C11H6Br2F4N2O2S/c1-22(20,21)4-2-5(12)7(6(14)3-4)10-18-8(9(13)19-10)11(15,16)17/h2-3H,1H3,(H,18,19). The fraction of sp³-hybridized carbons (Fsp3) is 0.182. The summed E-state index contributed by atoms with van der Waals surface area (Å²) in [4.78, 5) is 5.25. The molecule has 2 rings (SSSR count). The van der Waals surface area contributed by atoms with Crippen LogP contribution in [0.4, 0.5) is 17.6 Å². The van der Waals surface area contributed by atoms with Crippen LogP contribution in [0.2, 0.25) is 0 Å². The van der Waals surface area contributed by atoms with E-state index in [0.717, 1.165) is 18.4 Å². The number of aromatic nitrogens is 2. The minimum absolute atomic E-state index is 0.0390. The first kappa shape index (κ1) is 17.4. The molecule has 0 amide bonds. The van der Waals surface area contributed by atoms with Crippen molar-refractivity contribution >= 4 is 41.7 Å². The number of sulfone groups is 1. The zero-order valence-corrected chi connectivity index (χ0v) is 14.6. The molecule has 0 unspecified atom stereocenters. The minimum atomic E-state index is -4.69. The smallest absolute Gasteiger partial charge is 0.333 e. The molecule has 1 aromatic heterocycles. The first-order valence-corrected chi connectivity index (χ1v) is 8.91. The van der Waals surface area contributed by atoms with Gasteiger partial charge in [-0.05, 0) is 44.0 Å². The van der Waals surface area contributed by atoms with Crippen molar-refractivity contribution in [2.45, 2.75) is 11.1 Å². The molecule has 4 nitrogen and oxygen atoms in total. The van der Waals surface area contributed by atoms with Crippen molar-refractivity contribution in [1.29, 1.82) is 0 Å². The van der Waals surface area contributed by atoms with E-state index >= 15 is 0 Å². The Hall–Kier alpha value is -0.940. The maximum atomic E-state index is 14.1. The average Bonchev–Trinajstić information content (AvgIpc) is 2.68. The van der Waals surface area contributed by atoms with Gasteiger partial charge < -0.3 is 4.98 Å². The lowest BCUT2D eigenvalue weighted by molar-refractivity contribution is -0.141. The Kier molecular flexibility index (Phi) is 4.44. The van der Waals surface area contributed by atoms with Crippen molar-refractivity contribution in [3.8, 4) is 11.4 Å². The van der Waals surface area contributed by atoms with Gasteiger partial charge in [-0.1, -0.05) is 0 Å². The first-order chi connectivity index (χ1) is 9.91. The van der Waals surface area contributed by atoms with E-state index in [-0.39, 0.29) is 20.8 Å². The van der Waals surface area contributed by atoms with Gasteiger partial charge in [0.1, 0.15) is 16.2 Å². The highest BCUT2D eigenvalue weighted by Gasteiger charge is 2.37. The quantitative estimate of drug-likeness (QED) is 0.677. The monoisotopic (exact) mass is 464 g/mol. The number of hydrogen-bond acceptors (Lipinski definition) is 3. The number of hydrogen-bond donors (Lipinski definition) is 1. The Bertz CT molecular complexity index is 823. The molecule has 0 bridgehead atoms. The SMILES string of the molecule is CS(=O)(=O)c1cc(F)c(-c2nc(Br)c(C(F)(F)F)[nH]2)c(Br)c1. The lowest BCUT2D eigenvalue weighted by Crippen LogP contribution is -2.06. The molecule has 2 aromatic rings. The molecule has 0 fully saturated rings. The molecule has 0 aliphatic carbocycles. The summed E-state index contributed by atoms with van der Waals surface area (Å²) in [6.07, 6.45) is -3.81. The summed E-state index contributed by atoms with van der Waals surface area (Å²) in [5, 5.41) is 0. The Morgan fingerprint density at radius 2 is 1.82 bits per heavy atom. The van der Waals surface area contributed by atoms with E-state index in [0.29, 0.717) is 0 Å². The molecule has 11 heteroatoms. The lowest BCUT2D eigenvalue weighted by atomic mass is 10.2. The van der Waals surface area contributed by atoms with Crippen molar-refractivity contribution in [2.75, 3.05) is 6.26 Å². The third-order valence-corrected chi connectivity index (χ3v) is 4.91. The summed E-state index contributed by atoms with van der Waals surface area (Å²) in [5.41, 5.74) is -1.47. The van der Waals surface area contributed by atoms with Gasteiger partial charge in [0.25, 0.3) is 0 Å². The predicted octanol–water partition coefficient (Wildman–Crippen LogP) is 4.16. The number of H-pyrrole nitrogens is 1. The van der Waals surface area contributed by atoms with E-state index in [2.05, 4.69) is 36.8 Å². The number of nitrogens with one attached hydrogen (secondary N) is 1. The van der Waals surface area contributed by atoms with Crippen LogP contribution in [0.15, 0.2) is 26.1 Å². The van der Waals surface area contributed by atoms with E-state index in [1.165, 1.54) is 0 Å². The molecule has 0 radical (unpaired) electrons. The van der Waals surface area contributed by atoms with Gasteiger partial charge in [0.05, 0.1) is 10.5 Å². The summed E-state index contributed by atoms with van der Waals surface area (Å²) in [6, 6.07) is 1.82. The van der Waals surface area contributed by atoms with E-state index in [4.69, 9.17) is 0 Å². The van der Waals surface area contributed by atoms with Gasteiger partial charge in [-0.3, -0.25) is 0 Å². The van der Waals surface area contributed by atoms with E-state index in [1.54, 1.807) is 0 Å². The van der Waals surface area contributed by atoms with Crippen LogP contribution < -0.4 is 0 Å². The lowest BCUT2D eigenvalue weighted by Gasteiger charge is -2.07. The molecule has 1 heterocycles. The van der Waals surface area contributed by atoms with Crippen molar-refractivity contribution in [1.82, 2.24) is 9.97 Å². The van der Waals surface area contributed by atoms with Crippen LogP contribution in [0.3, 0.4) is 0 Å². The maximum Gasteiger partial charge on any atom is 0.433 e. The van der Waals surface area contributed by atoms with E-state index in [1.807, 2.05) is 4.98 Å². The molecule has 0 spiro atoms. The van der Waals surface area contributed by atoms with Crippen LogP contribution in [0.1, 0.15) is 5.69 Å². The summed E-state index contributed by atoms with van der Waals surface area (Å²) < 4.78 is 74.5. The highest BCUT2D eigenvalue weighted by Crippen LogP contribution is 2.38. The molecule has 120 valence electrons. The van der Waals surface area contributed by atoms with Crippen molar-refractivity contribution in [2.24, 2.45) is 0 Å². The minimum Gasteiger partial charge on any atom is -0.333 e. The summed E-state index contributed by atoms with van der Waals surface area (Å²) in [5.74, 6) is -1.41. The fourth-order valence-electron chi connectivity index (χ4n) is 1.65. The van der Waals surface area contributed by atoms with Crippen LogP contribution in [-0.2, 0) is 16.0 Å². The van der Waals surface area contributed by atoms with Gasteiger partial charge in [0.2, 0.25) is 0 Å². The number of alkyl halides is 3. The molecule has 22 heavy (non-hydrogen) atoms. The number of halogens is 6. The first-order valence-electron chi connectivity index (χ1n) is 5.43. The molecular formula is C11H6Br2F4N2O2S. The highest BCUT2D eigenvalue weighted by molar-refractivity contribution is 9.10. The number of aromatic amines is 1. The normalized spacial score (nSPS) is 12.7. The van der Waals surface area contributed by atoms with Crippen molar-refractivity contribution in [3.63, 3.8) is 0 Å². The van der Waals surface area contributed by atoms with Gasteiger partial charge in [0, 0.05) is 10.7 Å². The van der Waals surface area contributed by atoms with E-state index in [9.17, 15) is 26.0 Å². The maximum absolute atomic E-state index is 14.1. The zero-order valence-electron chi connectivity index (χ0n) is 10.6. The highest BCUT2D eigenvalue weighted by atomic mass is 79.9. The second-order valence-electron chi connectivity index (χ2n) is 4.28. The van der Waals surface area contributed by atoms with Gasteiger partial charge >= 0.3 is 6.18 Å². The van der Waals surface area contributed by atoms with Crippen LogP contribution in [0, 0.1) is 5.82 Å². The van der Waals surface area contributed by atoms with Gasteiger partial charge in [-0.2, -0.15) is 13.2 Å². The third kappa shape index (κ3) is 3.35. The Balaban J connectivity index is 2.65. The second kappa shape index (κ2) is 5.60. The summed E-state index contributed by atoms with van der Waals surface area (Å²) in [7, 11) is -3.66. The average molecular weight is 466 g/mol. The number of imidazole rings is 1. The molecule has 0 aliphatic heterocycles. The van der Waals surface area contributed by atoms with Crippen LogP contribution in [-0.4, -0.2) is 24.6 Å². The van der Waals surface area contributed by atoms with Gasteiger partial charge in [-0.15, -0.1) is 0 Å². The fourth-order valence-corrected chi connectivity index (χ4v) is 3.57. The summed E-state index contributed by atoms with van der Waals surface area (Å²) >= 11 is 5.60. The third-order valence-electron chi connectivity index (χ3n) is 2.62. The number of nitrogens with zero attached hydrogens (tertiary/aromatic N) is 1. The molecule has 0 atom stereocenters. The Labute approximate surface area is 139 Å². The molecule has 0 saturated carbocycles. The predicted molar refractivity (Wildman–Crippen MR) is 77.5 cm³/mol. The van der Waals surface area contributed by atoms with Crippen LogP contribution in [0.5, 0.6) is 0 Å². The molecule has 0 aliphatic rings. The second-order valence-corrected chi connectivity index (χ2v) is 7.90. The van der Waals surface area contributed by atoms with Crippen molar-refractivity contribution in [3.05, 3.63) is 32.7 Å². The van der Waals surface area contributed by atoms with Crippen molar-refractivity contribution < 1.29 is 26.0 Å².